The average molecular weight is 390 g/mol. The topological polar surface area (TPSA) is 71.2 Å². The van der Waals surface area contributed by atoms with Crippen LogP contribution in [0.1, 0.15) is 47.9 Å². The van der Waals surface area contributed by atoms with Crippen LogP contribution in [0.15, 0.2) is 59.7 Å². The molecule has 6 nitrogen and oxygen atoms in total. The van der Waals surface area contributed by atoms with E-state index in [2.05, 4.69) is 14.9 Å². The molecule has 1 aliphatic heterocycles. The zero-order valence-corrected chi connectivity index (χ0v) is 16.7. The van der Waals surface area contributed by atoms with Crippen LogP contribution < -0.4 is 5.56 Å². The summed E-state index contributed by atoms with van der Waals surface area (Å²) in [5.41, 5.74) is 2.51. The second-order valence-electron chi connectivity index (χ2n) is 7.55. The maximum atomic E-state index is 13.6. The molecule has 0 amide bonds. The highest BCUT2D eigenvalue weighted by Gasteiger charge is 2.30. The zero-order chi connectivity index (χ0) is 20.2. The highest BCUT2D eigenvalue weighted by molar-refractivity contribution is 5.39. The summed E-state index contributed by atoms with van der Waals surface area (Å²) in [6.07, 6.45) is 6.82. The molecule has 6 heteroatoms. The smallest absolute Gasteiger partial charge is 0.260 e. The molecule has 0 bridgehead atoms. The maximum Gasteiger partial charge on any atom is 0.260 e. The van der Waals surface area contributed by atoms with E-state index in [1.54, 1.807) is 23.0 Å². The van der Waals surface area contributed by atoms with Gasteiger partial charge in [0.15, 0.2) is 0 Å². The van der Waals surface area contributed by atoms with Crippen LogP contribution in [0.4, 0.5) is 0 Å². The van der Waals surface area contributed by atoms with E-state index >= 15 is 0 Å². The van der Waals surface area contributed by atoms with Crippen molar-refractivity contribution in [1.82, 2.24) is 19.4 Å². The minimum atomic E-state index is -0.361. The number of piperidine rings is 1. The van der Waals surface area contributed by atoms with Gasteiger partial charge in [0.05, 0.1) is 29.5 Å². The fourth-order valence-electron chi connectivity index (χ4n) is 4.11. The molecule has 0 aromatic carbocycles. The second kappa shape index (κ2) is 8.57. The first kappa shape index (κ1) is 19.3. The Kier molecular flexibility index (Phi) is 5.71. The quantitative estimate of drug-likeness (QED) is 0.724. The van der Waals surface area contributed by atoms with E-state index in [1.165, 1.54) is 6.42 Å². The number of hydrogen-bond donors (Lipinski definition) is 1. The third-order valence-electron chi connectivity index (χ3n) is 5.57. The first-order chi connectivity index (χ1) is 14.1. The number of nitrogens with zero attached hydrogens (tertiary/aromatic N) is 4. The van der Waals surface area contributed by atoms with E-state index in [0.29, 0.717) is 17.8 Å². The third kappa shape index (κ3) is 4.07. The molecule has 1 unspecified atom stereocenters. The van der Waals surface area contributed by atoms with E-state index in [9.17, 15) is 9.90 Å². The van der Waals surface area contributed by atoms with E-state index in [-0.39, 0.29) is 17.4 Å². The minimum Gasteiger partial charge on any atom is -0.507 e. The van der Waals surface area contributed by atoms with E-state index < -0.39 is 0 Å². The van der Waals surface area contributed by atoms with Crippen LogP contribution in [0, 0.1) is 6.92 Å². The summed E-state index contributed by atoms with van der Waals surface area (Å²) >= 11 is 0. The Bertz CT molecular complexity index is 1010. The molecule has 0 spiro atoms. The molecule has 150 valence electrons. The molecule has 0 saturated carbocycles. The summed E-state index contributed by atoms with van der Waals surface area (Å²) < 4.78 is 1.69. The molecule has 0 radical (unpaired) electrons. The van der Waals surface area contributed by atoms with Crippen molar-refractivity contribution in [1.29, 1.82) is 0 Å². The monoisotopic (exact) mass is 390 g/mol. The SMILES string of the molecule is Cc1cc(O)c(C(c2ccccn2)N2CCCCC2)c(=O)n1Cc1ccccn1. The molecule has 1 atom stereocenters. The van der Waals surface area contributed by atoms with Crippen molar-refractivity contribution >= 4 is 0 Å². The Labute approximate surface area is 170 Å². The van der Waals surface area contributed by atoms with Crippen LogP contribution in [0.5, 0.6) is 5.75 Å². The van der Waals surface area contributed by atoms with Gasteiger partial charge in [0.2, 0.25) is 0 Å². The van der Waals surface area contributed by atoms with E-state index in [1.807, 2.05) is 43.3 Å². The highest BCUT2D eigenvalue weighted by Crippen LogP contribution is 2.33. The van der Waals surface area contributed by atoms with Gasteiger partial charge in [-0.1, -0.05) is 18.6 Å². The van der Waals surface area contributed by atoms with Crippen molar-refractivity contribution < 1.29 is 5.11 Å². The van der Waals surface area contributed by atoms with Gasteiger partial charge in [0, 0.05) is 18.1 Å². The first-order valence-electron chi connectivity index (χ1n) is 10.1. The summed E-state index contributed by atoms with van der Waals surface area (Å²) in [6, 6.07) is 12.7. The molecule has 29 heavy (non-hydrogen) atoms. The fourth-order valence-corrected chi connectivity index (χ4v) is 4.11. The second-order valence-corrected chi connectivity index (χ2v) is 7.55. The van der Waals surface area contributed by atoms with Crippen molar-refractivity contribution in [3.63, 3.8) is 0 Å². The van der Waals surface area contributed by atoms with Crippen molar-refractivity contribution in [2.24, 2.45) is 0 Å². The number of aryl methyl sites for hydroxylation is 1. The number of aromatic hydroxyl groups is 1. The molecule has 3 aromatic heterocycles. The van der Waals surface area contributed by atoms with Gasteiger partial charge in [-0.15, -0.1) is 0 Å². The summed E-state index contributed by atoms with van der Waals surface area (Å²) in [5.74, 6) is 0.0333. The maximum absolute atomic E-state index is 13.6. The van der Waals surface area contributed by atoms with Crippen LogP contribution in [0.3, 0.4) is 0 Å². The van der Waals surface area contributed by atoms with Gasteiger partial charge in [-0.25, -0.2) is 0 Å². The Morgan fingerprint density at radius 2 is 1.76 bits per heavy atom. The number of rotatable bonds is 5. The largest absolute Gasteiger partial charge is 0.507 e. The van der Waals surface area contributed by atoms with Crippen molar-refractivity contribution in [3.05, 3.63) is 87.9 Å². The van der Waals surface area contributed by atoms with Crippen LogP contribution in [0.25, 0.3) is 0 Å². The van der Waals surface area contributed by atoms with Crippen LogP contribution in [-0.2, 0) is 6.54 Å². The summed E-state index contributed by atoms with van der Waals surface area (Å²) in [4.78, 5) is 24.8. The number of likely N-dealkylation sites (tertiary alicyclic amines) is 1. The molecule has 1 saturated heterocycles. The van der Waals surface area contributed by atoms with Gasteiger partial charge in [-0.05, 0) is 63.2 Å². The highest BCUT2D eigenvalue weighted by atomic mass is 16.3. The number of pyridine rings is 3. The summed E-state index contributed by atoms with van der Waals surface area (Å²) in [5, 5.41) is 10.8. The first-order valence-corrected chi connectivity index (χ1v) is 10.1. The van der Waals surface area contributed by atoms with Gasteiger partial charge < -0.3 is 9.67 Å². The standard InChI is InChI=1S/C23H26N4O2/c1-17-15-20(28)21(23(29)27(17)16-18-9-3-5-11-24-18)22(19-10-4-6-12-25-19)26-13-7-2-8-14-26/h3-6,9-12,15,22,28H,2,7-8,13-14,16H2,1H3. The Morgan fingerprint density at radius 3 is 2.41 bits per heavy atom. The predicted octanol–water partition coefficient (Wildman–Crippen LogP) is 3.28. The molecule has 0 aliphatic carbocycles. The number of hydrogen-bond acceptors (Lipinski definition) is 5. The molecular formula is C23H26N4O2. The minimum absolute atomic E-state index is 0.0333. The molecule has 1 fully saturated rings. The lowest BCUT2D eigenvalue weighted by Crippen LogP contribution is -2.39. The van der Waals surface area contributed by atoms with Gasteiger partial charge >= 0.3 is 0 Å². The lowest BCUT2D eigenvalue weighted by Gasteiger charge is -2.34. The third-order valence-corrected chi connectivity index (χ3v) is 5.57. The van der Waals surface area contributed by atoms with Crippen molar-refractivity contribution in [2.45, 2.75) is 38.8 Å². The Hall–Kier alpha value is -2.99. The van der Waals surface area contributed by atoms with E-state index in [0.717, 1.165) is 37.3 Å². The van der Waals surface area contributed by atoms with Crippen LogP contribution >= 0.6 is 0 Å². The van der Waals surface area contributed by atoms with Gasteiger partial charge in [-0.3, -0.25) is 19.7 Å². The molecular weight excluding hydrogens is 364 g/mol. The fraction of sp³-hybridized carbons (Fsp3) is 0.348. The molecule has 4 rings (SSSR count). The lowest BCUT2D eigenvalue weighted by molar-refractivity contribution is 0.180. The van der Waals surface area contributed by atoms with Crippen LogP contribution in [0.2, 0.25) is 0 Å². The van der Waals surface area contributed by atoms with Gasteiger partial charge in [-0.2, -0.15) is 0 Å². The molecule has 4 heterocycles. The summed E-state index contributed by atoms with van der Waals surface area (Å²) in [6.45, 7) is 3.97. The van der Waals surface area contributed by atoms with Crippen molar-refractivity contribution in [3.8, 4) is 5.75 Å². The molecule has 1 N–H and O–H groups in total. The van der Waals surface area contributed by atoms with E-state index in [4.69, 9.17) is 0 Å². The Morgan fingerprint density at radius 1 is 1.03 bits per heavy atom. The average Bonchev–Trinajstić information content (AvgIpc) is 2.76. The molecule has 3 aromatic rings. The predicted molar refractivity (Wildman–Crippen MR) is 112 cm³/mol. The molecule has 1 aliphatic rings. The number of aromatic nitrogens is 3. The lowest BCUT2D eigenvalue weighted by atomic mass is 9.98. The summed E-state index contributed by atoms with van der Waals surface area (Å²) in [7, 11) is 0. The van der Waals surface area contributed by atoms with Crippen LogP contribution in [-0.4, -0.2) is 37.6 Å². The zero-order valence-electron chi connectivity index (χ0n) is 16.7. The normalized spacial score (nSPS) is 15.9. The Balaban J connectivity index is 1.84. The van der Waals surface area contributed by atoms with Gasteiger partial charge in [0.25, 0.3) is 5.56 Å². The van der Waals surface area contributed by atoms with Crippen molar-refractivity contribution in [2.75, 3.05) is 13.1 Å². The van der Waals surface area contributed by atoms with Gasteiger partial charge in [0.1, 0.15) is 5.75 Å².